The highest BCUT2D eigenvalue weighted by atomic mass is 19.1. The summed E-state index contributed by atoms with van der Waals surface area (Å²) < 4.78 is 14.0. The van der Waals surface area contributed by atoms with E-state index in [0.717, 1.165) is 12.0 Å². The van der Waals surface area contributed by atoms with E-state index in [1.54, 1.807) is 37.3 Å². The Balaban J connectivity index is 1.83. The summed E-state index contributed by atoms with van der Waals surface area (Å²) in [4.78, 5) is 34.9. The fourth-order valence-corrected chi connectivity index (χ4v) is 3.75. The van der Waals surface area contributed by atoms with E-state index < -0.39 is 23.1 Å². The van der Waals surface area contributed by atoms with Crippen molar-refractivity contribution in [2.24, 2.45) is 11.3 Å². The third-order valence-electron chi connectivity index (χ3n) is 5.45. The monoisotopic (exact) mass is 369 g/mol. The van der Waals surface area contributed by atoms with Crippen molar-refractivity contribution in [2.75, 3.05) is 5.32 Å². The van der Waals surface area contributed by atoms with Crippen LogP contribution in [0.5, 0.6) is 0 Å². The summed E-state index contributed by atoms with van der Waals surface area (Å²) in [5.41, 5.74) is 0.850. The highest BCUT2D eigenvalue weighted by molar-refractivity contribution is 6.01. The van der Waals surface area contributed by atoms with Gasteiger partial charge in [0.25, 0.3) is 0 Å². The predicted octanol–water partition coefficient (Wildman–Crippen LogP) is 4.13. The number of rotatable bonds is 6. The van der Waals surface area contributed by atoms with E-state index in [4.69, 9.17) is 0 Å². The van der Waals surface area contributed by atoms with Crippen LogP contribution in [0.4, 0.5) is 10.1 Å². The Labute approximate surface area is 156 Å². The lowest BCUT2D eigenvalue weighted by atomic mass is 9.76. The van der Waals surface area contributed by atoms with Gasteiger partial charge in [-0.3, -0.25) is 14.4 Å². The predicted molar refractivity (Wildman–Crippen MR) is 98.9 cm³/mol. The summed E-state index contributed by atoms with van der Waals surface area (Å²) in [5.74, 6) is -2.19. The molecule has 2 atom stereocenters. The van der Waals surface area contributed by atoms with Crippen molar-refractivity contribution in [1.82, 2.24) is 0 Å². The molecule has 0 saturated heterocycles. The summed E-state index contributed by atoms with van der Waals surface area (Å²) in [7, 11) is 0. The van der Waals surface area contributed by atoms with Gasteiger partial charge in [-0.2, -0.15) is 0 Å². The lowest BCUT2D eigenvalue weighted by molar-refractivity contribution is -0.149. The molecule has 0 unspecified atom stereocenters. The molecule has 0 spiro atoms. The minimum absolute atomic E-state index is 0.0923. The molecule has 1 fully saturated rings. The summed E-state index contributed by atoms with van der Waals surface area (Å²) >= 11 is 0. The first-order valence-electron chi connectivity index (χ1n) is 8.74. The number of ketones is 1. The Hall–Kier alpha value is -3.02. The number of hydrogen-bond donors (Lipinski definition) is 2. The lowest BCUT2D eigenvalue weighted by Gasteiger charge is -2.25. The smallest absolute Gasteiger partial charge is 0.310 e. The lowest BCUT2D eigenvalue weighted by Crippen LogP contribution is -2.36. The van der Waals surface area contributed by atoms with Gasteiger partial charge in [0.1, 0.15) is 5.82 Å². The molecule has 2 aromatic rings. The van der Waals surface area contributed by atoms with Crippen LogP contribution in [0, 0.1) is 17.2 Å². The molecular formula is C21H20FNO4. The second kappa shape index (κ2) is 7.31. The summed E-state index contributed by atoms with van der Waals surface area (Å²) in [6, 6.07) is 11.2. The number of Topliss-reactive ketones (excluding diaryl/α,β-unsaturated/α-hetero) is 1. The van der Waals surface area contributed by atoms with Crippen LogP contribution in [-0.2, 0) is 9.59 Å². The molecule has 140 valence electrons. The normalized spacial score (nSPS) is 21.6. The molecule has 2 aromatic carbocycles. The van der Waals surface area contributed by atoms with Gasteiger partial charge in [0.05, 0.1) is 11.1 Å². The maximum atomic E-state index is 14.0. The molecule has 0 aromatic heterocycles. The third kappa shape index (κ3) is 3.47. The molecular weight excluding hydrogens is 349 g/mol. The first-order chi connectivity index (χ1) is 12.9. The Morgan fingerprint density at radius 3 is 2.44 bits per heavy atom. The zero-order valence-corrected chi connectivity index (χ0v) is 14.9. The average molecular weight is 369 g/mol. The number of carboxylic acid groups (broad SMARTS) is 1. The van der Waals surface area contributed by atoms with Crippen molar-refractivity contribution < 1.29 is 23.9 Å². The highest BCUT2D eigenvalue weighted by Gasteiger charge is 2.48. The zero-order chi connectivity index (χ0) is 19.6. The van der Waals surface area contributed by atoms with Crippen LogP contribution in [0.25, 0.3) is 11.1 Å². The average Bonchev–Trinajstić information content (AvgIpc) is 3.06. The second-order valence-corrected chi connectivity index (χ2v) is 7.07. The van der Waals surface area contributed by atoms with E-state index >= 15 is 0 Å². The molecule has 0 heterocycles. The molecule has 27 heavy (non-hydrogen) atoms. The van der Waals surface area contributed by atoms with Gasteiger partial charge in [0.2, 0.25) is 6.41 Å². The number of aliphatic carboxylic acids is 1. The highest BCUT2D eigenvalue weighted by Crippen LogP contribution is 2.45. The van der Waals surface area contributed by atoms with Gasteiger partial charge >= 0.3 is 5.97 Å². The molecule has 1 amide bonds. The molecule has 0 radical (unpaired) electrons. The Morgan fingerprint density at radius 1 is 1.19 bits per heavy atom. The Kier molecular flexibility index (Phi) is 5.08. The third-order valence-corrected chi connectivity index (χ3v) is 5.45. The van der Waals surface area contributed by atoms with E-state index in [9.17, 15) is 23.9 Å². The van der Waals surface area contributed by atoms with Crippen molar-refractivity contribution in [3.63, 3.8) is 0 Å². The second-order valence-electron chi connectivity index (χ2n) is 7.07. The van der Waals surface area contributed by atoms with Crippen LogP contribution in [0.3, 0.4) is 0 Å². The van der Waals surface area contributed by atoms with Gasteiger partial charge < -0.3 is 10.4 Å². The topological polar surface area (TPSA) is 83.5 Å². The van der Waals surface area contributed by atoms with Crippen molar-refractivity contribution in [3.05, 3.63) is 53.8 Å². The fourth-order valence-electron chi connectivity index (χ4n) is 3.75. The first-order valence-corrected chi connectivity index (χ1v) is 8.74. The quantitative estimate of drug-likeness (QED) is 0.592. The van der Waals surface area contributed by atoms with Gasteiger partial charge in [0.15, 0.2) is 5.78 Å². The molecule has 5 nitrogen and oxygen atoms in total. The van der Waals surface area contributed by atoms with Crippen molar-refractivity contribution in [2.45, 2.75) is 26.2 Å². The number of halogens is 1. The Morgan fingerprint density at radius 2 is 1.85 bits per heavy atom. The Bertz CT molecular complexity index is 894. The number of hydrogen-bond acceptors (Lipinski definition) is 3. The van der Waals surface area contributed by atoms with Gasteiger partial charge in [-0.05, 0) is 43.0 Å². The number of benzene rings is 2. The molecule has 1 saturated carbocycles. The minimum atomic E-state index is -1.03. The van der Waals surface area contributed by atoms with E-state index in [0.29, 0.717) is 30.4 Å². The van der Waals surface area contributed by atoms with E-state index in [-0.39, 0.29) is 11.5 Å². The molecule has 6 heteroatoms. The van der Waals surface area contributed by atoms with Crippen molar-refractivity contribution >= 4 is 23.9 Å². The molecule has 0 aliphatic heterocycles. The van der Waals surface area contributed by atoms with Crippen molar-refractivity contribution in [3.8, 4) is 11.1 Å². The number of carbonyl (C=O) groups excluding carboxylic acids is 2. The molecule has 1 aliphatic carbocycles. The van der Waals surface area contributed by atoms with E-state index in [1.165, 1.54) is 12.1 Å². The maximum Gasteiger partial charge on any atom is 0.310 e. The first kappa shape index (κ1) is 18.8. The summed E-state index contributed by atoms with van der Waals surface area (Å²) in [6.07, 6.45) is 2.20. The van der Waals surface area contributed by atoms with E-state index in [1.807, 2.05) is 0 Å². The SMILES string of the molecule is C[C@@]1(C(=O)O)CCC[C@H]1C(=O)c1ccc(-c2ccc(NC=O)c(F)c2)cc1. The van der Waals surface area contributed by atoms with Crippen LogP contribution in [-0.4, -0.2) is 23.3 Å². The molecule has 3 rings (SSSR count). The molecule has 0 bridgehead atoms. The van der Waals surface area contributed by atoms with Gasteiger partial charge in [-0.1, -0.05) is 36.8 Å². The number of carbonyl (C=O) groups is 3. The van der Waals surface area contributed by atoms with Gasteiger partial charge in [0, 0.05) is 11.5 Å². The standard InChI is InChI=1S/C21H20FNO4/c1-21(20(26)27)10-2-3-16(21)19(25)14-6-4-13(5-7-14)15-8-9-18(23-12-24)17(22)11-15/h4-9,11-12,16H,2-3,10H2,1H3,(H,23,24)(H,26,27)/t16-,21+/m0/s1. The number of carboxylic acids is 1. The fraction of sp³-hybridized carbons (Fsp3) is 0.286. The van der Waals surface area contributed by atoms with Crippen LogP contribution in [0.2, 0.25) is 0 Å². The van der Waals surface area contributed by atoms with Crippen molar-refractivity contribution in [1.29, 1.82) is 0 Å². The zero-order valence-electron chi connectivity index (χ0n) is 14.9. The largest absolute Gasteiger partial charge is 0.481 e. The van der Waals surface area contributed by atoms with E-state index in [2.05, 4.69) is 5.32 Å². The van der Waals surface area contributed by atoms with Crippen LogP contribution >= 0.6 is 0 Å². The minimum Gasteiger partial charge on any atom is -0.481 e. The molecule has 2 N–H and O–H groups in total. The van der Waals surface area contributed by atoms with Crippen LogP contribution < -0.4 is 5.32 Å². The maximum absolute atomic E-state index is 14.0. The van der Waals surface area contributed by atoms with Gasteiger partial charge in [-0.15, -0.1) is 0 Å². The molecule has 1 aliphatic rings. The number of amides is 1. The van der Waals surface area contributed by atoms with Gasteiger partial charge in [-0.25, -0.2) is 4.39 Å². The van der Waals surface area contributed by atoms with Crippen LogP contribution in [0.1, 0.15) is 36.5 Å². The van der Waals surface area contributed by atoms with Crippen LogP contribution in [0.15, 0.2) is 42.5 Å². The number of anilines is 1. The summed E-state index contributed by atoms with van der Waals surface area (Å²) in [5, 5.41) is 11.8. The summed E-state index contributed by atoms with van der Waals surface area (Å²) in [6.45, 7) is 1.64. The number of nitrogens with one attached hydrogen (secondary N) is 1.